The van der Waals surface area contributed by atoms with Crippen LogP contribution in [-0.4, -0.2) is 23.9 Å². The fourth-order valence-corrected chi connectivity index (χ4v) is 2.29. The average molecular weight is 254 g/mol. The molecule has 2 N–H and O–H groups in total. The average Bonchev–Trinajstić information content (AvgIpc) is 2.81. The molecule has 1 heterocycles. The summed E-state index contributed by atoms with van der Waals surface area (Å²) in [5.41, 5.74) is 4.72. The molecule has 1 aromatic carbocycles. The van der Waals surface area contributed by atoms with Gasteiger partial charge in [-0.1, -0.05) is 13.3 Å². The topological polar surface area (TPSA) is 46.3 Å². The Labute approximate surface area is 105 Å². The molecule has 18 heavy (non-hydrogen) atoms. The molecule has 0 bridgehead atoms. The molecular formula is C13H16F2N2O. The number of carbonyl (C=O) groups excluding carboxylic acids is 1. The summed E-state index contributed by atoms with van der Waals surface area (Å²) in [6, 6.07) is 1.79. The Hall–Kier alpha value is -1.65. The molecule has 0 aromatic heterocycles. The molecular weight excluding hydrogens is 238 g/mol. The number of rotatable bonds is 2. The normalized spacial score (nSPS) is 19.3. The summed E-state index contributed by atoms with van der Waals surface area (Å²) in [5.74, 6) is -1.55. The molecule has 1 fully saturated rings. The van der Waals surface area contributed by atoms with E-state index in [1.165, 1.54) is 0 Å². The van der Waals surface area contributed by atoms with Gasteiger partial charge < -0.3 is 10.6 Å². The first-order chi connectivity index (χ1) is 8.52. The number of halogens is 2. The highest BCUT2D eigenvalue weighted by atomic mass is 19.1. The molecule has 1 amide bonds. The van der Waals surface area contributed by atoms with E-state index in [0.717, 1.165) is 25.0 Å². The van der Waals surface area contributed by atoms with Gasteiger partial charge in [-0.25, -0.2) is 8.78 Å². The molecule has 1 aromatic rings. The quantitative estimate of drug-likeness (QED) is 0.824. The molecule has 3 nitrogen and oxygen atoms in total. The fourth-order valence-electron chi connectivity index (χ4n) is 2.29. The van der Waals surface area contributed by atoms with Crippen LogP contribution in [0.2, 0.25) is 0 Å². The molecule has 98 valence electrons. The largest absolute Gasteiger partial charge is 0.396 e. The van der Waals surface area contributed by atoms with Crippen LogP contribution in [-0.2, 0) is 0 Å². The molecule has 1 saturated heterocycles. The van der Waals surface area contributed by atoms with Gasteiger partial charge >= 0.3 is 0 Å². The van der Waals surface area contributed by atoms with E-state index >= 15 is 0 Å². The molecule has 0 radical (unpaired) electrons. The van der Waals surface area contributed by atoms with Crippen LogP contribution in [0.3, 0.4) is 0 Å². The van der Waals surface area contributed by atoms with Crippen LogP contribution < -0.4 is 5.73 Å². The molecule has 1 aliphatic heterocycles. The van der Waals surface area contributed by atoms with E-state index in [1.807, 2.05) is 0 Å². The van der Waals surface area contributed by atoms with Gasteiger partial charge in [0.05, 0.1) is 11.3 Å². The van der Waals surface area contributed by atoms with Crippen molar-refractivity contribution in [3.63, 3.8) is 0 Å². The second-order valence-electron chi connectivity index (χ2n) is 4.67. The van der Waals surface area contributed by atoms with Crippen LogP contribution in [0.5, 0.6) is 0 Å². The van der Waals surface area contributed by atoms with Crippen molar-refractivity contribution in [1.82, 2.24) is 4.90 Å². The maximum Gasteiger partial charge on any atom is 0.257 e. The lowest BCUT2D eigenvalue weighted by Gasteiger charge is -2.17. The van der Waals surface area contributed by atoms with Crippen molar-refractivity contribution in [2.75, 3.05) is 18.8 Å². The number of amides is 1. The second-order valence-corrected chi connectivity index (χ2v) is 4.67. The maximum absolute atomic E-state index is 13.7. The highest BCUT2D eigenvalue weighted by Gasteiger charge is 2.28. The minimum atomic E-state index is -0.832. The number of likely N-dealkylation sites (tertiary alicyclic amines) is 1. The molecule has 1 aliphatic rings. The Kier molecular flexibility index (Phi) is 3.50. The third-order valence-corrected chi connectivity index (χ3v) is 3.45. The zero-order valence-electron chi connectivity index (χ0n) is 10.2. The monoisotopic (exact) mass is 254 g/mol. The van der Waals surface area contributed by atoms with E-state index in [0.29, 0.717) is 19.0 Å². The van der Waals surface area contributed by atoms with Gasteiger partial charge in [0.2, 0.25) is 0 Å². The number of nitrogens with zero attached hydrogens (tertiary/aromatic N) is 1. The van der Waals surface area contributed by atoms with E-state index in [2.05, 4.69) is 6.92 Å². The van der Waals surface area contributed by atoms with Gasteiger partial charge in [-0.05, 0) is 24.5 Å². The number of benzene rings is 1. The smallest absolute Gasteiger partial charge is 0.257 e. The molecule has 0 spiro atoms. The second kappa shape index (κ2) is 4.92. The third kappa shape index (κ3) is 2.30. The van der Waals surface area contributed by atoms with E-state index in [9.17, 15) is 13.6 Å². The highest BCUT2D eigenvalue weighted by Crippen LogP contribution is 2.24. The molecule has 0 saturated carbocycles. The van der Waals surface area contributed by atoms with Gasteiger partial charge in [0.15, 0.2) is 5.82 Å². The van der Waals surface area contributed by atoms with Crippen molar-refractivity contribution in [1.29, 1.82) is 0 Å². The predicted octanol–water partition coefficient (Wildman–Crippen LogP) is 2.42. The summed E-state index contributed by atoms with van der Waals surface area (Å²) in [5, 5.41) is 0. The SMILES string of the molecule is CCC1CCN(C(=O)c2cc(F)cc(N)c2F)C1. The lowest BCUT2D eigenvalue weighted by Crippen LogP contribution is -2.29. The van der Waals surface area contributed by atoms with Crippen molar-refractivity contribution < 1.29 is 13.6 Å². The number of nitrogen functional groups attached to an aromatic ring is 1. The standard InChI is InChI=1S/C13H16F2N2O/c1-2-8-3-4-17(7-8)13(18)10-5-9(14)6-11(16)12(10)15/h5-6,8H,2-4,7,16H2,1H3. The van der Waals surface area contributed by atoms with Crippen LogP contribution in [0.1, 0.15) is 30.1 Å². The number of carbonyl (C=O) groups is 1. The van der Waals surface area contributed by atoms with Crippen molar-refractivity contribution in [2.45, 2.75) is 19.8 Å². The van der Waals surface area contributed by atoms with Crippen LogP contribution in [0, 0.1) is 17.6 Å². The van der Waals surface area contributed by atoms with E-state index in [-0.39, 0.29) is 11.3 Å². The summed E-state index contributed by atoms with van der Waals surface area (Å²) < 4.78 is 26.9. The molecule has 1 unspecified atom stereocenters. The minimum Gasteiger partial charge on any atom is -0.396 e. The van der Waals surface area contributed by atoms with Gasteiger partial charge in [-0.2, -0.15) is 0 Å². The minimum absolute atomic E-state index is 0.274. The van der Waals surface area contributed by atoms with Crippen LogP contribution in [0.4, 0.5) is 14.5 Å². The number of nitrogens with two attached hydrogens (primary N) is 1. The Morgan fingerprint density at radius 2 is 2.22 bits per heavy atom. The first-order valence-corrected chi connectivity index (χ1v) is 6.06. The number of hydrogen-bond acceptors (Lipinski definition) is 2. The van der Waals surface area contributed by atoms with Gasteiger partial charge in [0.1, 0.15) is 5.82 Å². The van der Waals surface area contributed by atoms with Crippen molar-refractivity contribution in [3.05, 3.63) is 29.3 Å². The molecule has 1 atom stereocenters. The summed E-state index contributed by atoms with van der Waals surface area (Å²) in [6.45, 7) is 3.25. The molecule has 5 heteroatoms. The summed E-state index contributed by atoms with van der Waals surface area (Å²) >= 11 is 0. The van der Waals surface area contributed by atoms with Gasteiger partial charge in [0, 0.05) is 13.1 Å². The Bertz CT molecular complexity index is 476. The van der Waals surface area contributed by atoms with Crippen LogP contribution in [0.15, 0.2) is 12.1 Å². The van der Waals surface area contributed by atoms with Gasteiger partial charge in [-0.15, -0.1) is 0 Å². The number of anilines is 1. The lowest BCUT2D eigenvalue weighted by atomic mass is 10.1. The zero-order valence-corrected chi connectivity index (χ0v) is 10.2. The van der Waals surface area contributed by atoms with Gasteiger partial charge in [0.25, 0.3) is 5.91 Å². The Morgan fingerprint density at radius 3 is 2.83 bits per heavy atom. The Morgan fingerprint density at radius 1 is 1.50 bits per heavy atom. The lowest BCUT2D eigenvalue weighted by molar-refractivity contribution is 0.0782. The van der Waals surface area contributed by atoms with E-state index in [1.54, 1.807) is 4.90 Å². The summed E-state index contributed by atoms with van der Waals surface area (Å²) in [7, 11) is 0. The zero-order chi connectivity index (χ0) is 13.3. The highest BCUT2D eigenvalue weighted by molar-refractivity contribution is 5.95. The van der Waals surface area contributed by atoms with Crippen LogP contribution >= 0.6 is 0 Å². The first-order valence-electron chi connectivity index (χ1n) is 6.06. The van der Waals surface area contributed by atoms with E-state index < -0.39 is 17.5 Å². The number of hydrogen-bond donors (Lipinski definition) is 1. The van der Waals surface area contributed by atoms with Crippen LogP contribution in [0.25, 0.3) is 0 Å². The van der Waals surface area contributed by atoms with Crippen molar-refractivity contribution >= 4 is 11.6 Å². The van der Waals surface area contributed by atoms with E-state index in [4.69, 9.17) is 5.73 Å². The fraction of sp³-hybridized carbons (Fsp3) is 0.462. The maximum atomic E-state index is 13.7. The van der Waals surface area contributed by atoms with Crippen molar-refractivity contribution in [2.24, 2.45) is 5.92 Å². The first kappa shape index (κ1) is 12.8. The molecule has 0 aliphatic carbocycles. The van der Waals surface area contributed by atoms with Crippen molar-refractivity contribution in [3.8, 4) is 0 Å². The predicted molar refractivity (Wildman–Crippen MR) is 65.1 cm³/mol. The Balaban J connectivity index is 2.24. The molecule has 2 rings (SSSR count). The summed E-state index contributed by atoms with van der Waals surface area (Å²) in [6.07, 6.45) is 1.90. The third-order valence-electron chi connectivity index (χ3n) is 3.45. The summed E-state index contributed by atoms with van der Waals surface area (Å²) in [4.78, 5) is 13.7. The van der Waals surface area contributed by atoms with Gasteiger partial charge in [-0.3, -0.25) is 4.79 Å².